The molecule has 0 aromatic heterocycles. The molecule has 0 bridgehead atoms. The predicted molar refractivity (Wildman–Crippen MR) is 69.3 cm³/mol. The van der Waals surface area contributed by atoms with Gasteiger partial charge in [-0.05, 0) is 31.7 Å². The van der Waals surface area contributed by atoms with Crippen LogP contribution in [0.5, 0.6) is 0 Å². The molecule has 2 unspecified atom stereocenters. The van der Waals surface area contributed by atoms with Gasteiger partial charge in [0.15, 0.2) is 0 Å². The van der Waals surface area contributed by atoms with Gasteiger partial charge in [0.2, 0.25) is 5.91 Å². The van der Waals surface area contributed by atoms with Gasteiger partial charge in [0.1, 0.15) is 0 Å². The second-order valence-electron chi connectivity index (χ2n) is 5.14. The maximum atomic E-state index is 11.9. The van der Waals surface area contributed by atoms with Crippen molar-refractivity contribution in [2.24, 2.45) is 5.92 Å². The van der Waals surface area contributed by atoms with Gasteiger partial charge >= 0.3 is 5.97 Å². The van der Waals surface area contributed by atoms with E-state index < -0.39 is 5.97 Å². The number of aliphatic carboxylic acids is 1. The lowest BCUT2D eigenvalue weighted by Crippen LogP contribution is -2.44. The standard InChI is InChI=1S/C13H24N2O3/c1-10(6-7-12(16)17)9-15-13(18)11-5-3-2-4-8-14-11/h10-11,14H,2-9H2,1H3,(H,15,18)(H,16,17). The largest absolute Gasteiger partial charge is 0.481 e. The average Bonchev–Trinajstić information content (AvgIpc) is 2.62. The minimum atomic E-state index is -0.779. The third kappa shape index (κ3) is 6.00. The van der Waals surface area contributed by atoms with Crippen LogP contribution in [-0.4, -0.2) is 36.1 Å². The van der Waals surface area contributed by atoms with Crippen LogP contribution in [0, 0.1) is 5.92 Å². The highest BCUT2D eigenvalue weighted by Gasteiger charge is 2.19. The van der Waals surface area contributed by atoms with E-state index in [1.807, 2.05) is 6.92 Å². The Morgan fingerprint density at radius 2 is 2.17 bits per heavy atom. The van der Waals surface area contributed by atoms with Crippen molar-refractivity contribution >= 4 is 11.9 Å². The van der Waals surface area contributed by atoms with E-state index in [1.165, 1.54) is 6.42 Å². The Labute approximate surface area is 108 Å². The highest BCUT2D eigenvalue weighted by Crippen LogP contribution is 2.09. The molecule has 1 fully saturated rings. The van der Waals surface area contributed by atoms with Crippen LogP contribution in [0.25, 0.3) is 0 Å². The first-order chi connectivity index (χ1) is 8.59. The van der Waals surface area contributed by atoms with E-state index >= 15 is 0 Å². The SMILES string of the molecule is CC(CCC(=O)O)CNC(=O)C1CCCCCN1. The van der Waals surface area contributed by atoms with Gasteiger partial charge in [-0.1, -0.05) is 19.8 Å². The van der Waals surface area contributed by atoms with Crippen LogP contribution in [0.15, 0.2) is 0 Å². The van der Waals surface area contributed by atoms with Gasteiger partial charge in [-0.15, -0.1) is 0 Å². The molecule has 0 radical (unpaired) electrons. The van der Waals surface area contributed by atoms with Gasteiger partial charge in [0.25, 0.3) is 0 Å². The zero-order chi connectivity index (χ0) is 13.4. The average molecular weight is 256 g/mol. The third-order valence-corrected chi connectivity index (χ3v) is 3.35. The molecule has 5 heteroatoms. The fourth-order valence-electron chi connectivity index (χ4n) is 2.12. The number of carboxylic acid groups (broad SMARTS) is 1. The molecular weight excluding hydrogens is 232 g/mol. The van der Waals surface area contributed by atoms with Crippen molar-refractivity contribution in [2.45, 2.75) is 51.5 Å². The molecule has 0 aliphatic carbocycles. The van der Waals surface area contributed by atoms with Crippen LogP contribution in [0.2, 0.25) is 0 Å². The van der Waals surface area contributed by atoms with Crippen LogP contribution in [0.3, 0.4) is 0 Å². The summed E-state index contributed by atoms with van der Waals surface area (Å²) in [6.45, 7) is 3.43. The Bertz CT molecular complexity index is 273. The topological polar surface area (TPSA) is 78.4 Å². The highest BCUT2D eigenvalue weighted by molar-refractivity contribution is 5.81. The molecule has 0 saturated carbocycles. The number of carbonyl (C=O) groups is 2. The van der Waals surface area contributed by atoms with E-state index in [0.717, 1.165) is 25.8 Å². The minimum absolute atomic E-state index is 0.0547. The van der Waals surface area contributed by atoms with Crippen molar-refractivity contribution in [2.75, 3.05) is 13.1 Å². The molecule has 1 aliphatic heterocycles. The van der Waals surface area contributed by atoms with Gasteiger partial charge in [-0.3, -0.25) is 9.59 Å². The molecule has 0 aromatic carbocycles. The lowest BCUT2D eigenvalue weighted by molar-refractivity contribution is -0.137. The van der Waals surface area contributed by atoms with Crippen LogP contribution in [0.4, 0.5) is 0 Å². The smallest absolute Gasteiger partial charge is 0.303 e. The third-order valence-electron chi connectivity index (χ3n) is 3.35. The van der Waals surface area contributed by atoms with E-state index in [9.17, 15) is 9.59 Å². The summed E-state index contributed by atoms with van der Waals surface area (Å²) in [5.74, 6) is -0.520. The van der Waals surface area contributed by atoms with Gasteiger partial charge in [-0.25, -0.2) is 0 Å². The van der Waals surface area contributed by atoms with E-state index in [-0.39, 0.29) is 24.3 Å². The van der Waals surface area contributed by atoms with Gasteiger partial charge in [0, 0.05) is 13.0 Å². The second kappa shape index (κ2) is 8.08. The predicted octanol–water partition coefficient (Wildman–Crippen LogP) is 1.14. The zero-order valence-electron chi connectivity index (χ0n) is 11.1. The number of carbonyl (C=O) groups excluding carboxylic acids is 1. The summed E-state index contributed by atoms with van der Waals surface area (Å²) in [6, 6.07) is -0.0702. The number of hydrogen-bond acceptors (Lipinski definition) is 3. The van der Waals surface area contributed by atoms with Crippen molar-refractivity contribution in [3.05, 3.63) is 0 Å². The molecule has 18 heavy (non-hydrogen) atoms. The molecule has 3 N–H and O–H groups in total. The van der Waals surface area contributed by atoms with Gasteiger partial charge in [-0.2, -0.15) is 0 Å². The van der Waals surface area contributed by atoms with Crippen molar-refractivity contribution in [3.63, 3.8) is 0 Å². The number of rotatable bonds is 6. The molecule has 1 aliphatic rings. The molecule has 1 heterocycles. The van der Waals surface area contributed by atoms with Crippen molar-refractivity contribution < 1.29 is 14.7 Å². The molecule has 5 nitrogen and oxygen atoms in total. The molecule has 2 atom stereocenters. The summed E-state index contributed by atoms with van der Waals surface area (Å²) in [7, 11) is 0. The van der Waals surface area contributed by atoms with Crippen LogP contribution in [0.1, 0.15) is 45.4 Å². The molecule has 1 saturated heterocycles. The Hall–Kier alpha value is -1.10. The Morgan fingerprint density at radius 3 is 2.89 bits per heavy atom. The van der Waals surface area contributed by atoms with Crippen molar-refractivity contribution in [3.8, 4) is 0 Å². The maximum Gasteiger partial charge on any atom is 0.303 e. The van der Waals surface area contributed by atoms with Crippen LogP contribution < -0.4 is 10.6 Å². The maximum absolute atomic E-state index is 11.9. The van der Waals surface area contributed by atoms with E-state index in [4.69, 9.17) is 5.11 Å². The van der Waals surface area contributed by atoms with E-state index in [2.05, 4.69) is 10.6 Å². The highest BCUT2D eigenvalue weighted by atomic mass is 16.4. The Morgan fingerprint density at radius 1 is 1.39 bits per heavy atom. The normalized spacial score (nSPS) is 21.9. The van der Waals surface area contributed by atoms with Crippen molar-refractivity contribution in [1.29, 1.82) is 0 Å². The van der Waals surface area contributed by atoms with E-state index in [1.54, 1.807) is 0 Å². The van der Waals surface area contributed by atoms with Crippen LogP contribution >= 0.6 is 0 Å². The van der Waals surface area contributed by atoms with Crippen molar-refractivity contribution in [1.82, 2.24) is 10.6 Å². The number of amides is 1. The summed E-state index contributed by atoms with van der Waals surface area (Å²) in [4.78, 5) is 22.3. The monoisotopic (exact) mass is 256 g/mol. The first-order valence-electron chi connectivity index (χ1n) is 6.82. The molecule has 0 aromatic rings. The summed E-state index contributed by atoms with van der Waals surface area (Å²) in [6.07, 6.45) is 5.09. The molecule has 1 rings (SSSR count). The summed E-state index contributed by atoms with van der Waals surface area (Å²) >= 11 is 0. The zero-order valence-corrected chi connectivity index (χ0v) is 11.1. The van der Waals surface area contributed by atoms with Gasteiger partial charge in [0.05, 0.1) is 6.04 Å². The minimum Gasteiger partial charge on any atom is -0.481 e. The molecule has 104 valence electrons. The first-order valence-corrected chi connectivity index (χ1v) is 6.82. The lowest BCUT2D eigenvalue weighted by atomic mass is 10.1. The molecule has 1 amide bonds. The summed E-state index contributed by atoms with van der Waals surface area (Å²) in [5.41, 5.74) is 0. The molecular formula is C13H24N2O3. The Kier molecular flexibility index (Phi) is 6.72. The fourth-order valence-corrected chi connectivity index (χ4v) is 2.12. The van der Waals surface area contributed by atoms with Gasteiger partial charge < -0.3 is 15.7 Å². The number of carboxylic acids is 1. The summed E-state index contributed by atoms with van der Waals surface area (Å²) in [5, 5.41) is 14.7. The van der Waals surface area contributed by atoms with E-state index in [0.29, 0.717) is 13.0 Å². The summed E-state index contributed by atoms with van der Waals surface area (Å²) < 4.78 is 0. The Balaban J connectivity index is 2.20. The lowest BCUT2D eigenvalue weighted by Gasteiger charge is -2.17. The second-order valence-corrected chi connectivity index (χ2v) is 5.14. The number of hydrogen-bond donors (Lipinski definition) is 3. The first kappa shape index (κ1) is 15.0. The van der Waals surface area contributed by atoms with Crippen LogP contribution in [-0.2, 0) is 9.59 Å². The quantitative estimate of drug-likeness (QED) is 0.666. The molecule has 0 spiro atoms. The number of nitrogens with one attached hydrogen (secondary N) is 2. The fraction of sp³-hybridized carbons (Fsp3) is 0.846.